The first kappa shape index (κ1) is 15.4. The van der Waals surface area contributed by atoms with Gasteiger partial charge in [0, 0.05) is 16.7 Å². The quantitative estimate of drug-likeness (QED) is 0.821. The third-order valence-electron chi connectivity index (χ3n) is 2.95. The molecular weight excluding hydrogens is 334 g/mol. The van der Waals surface area contributed by atoms with Crippen LogP contribution in [0.5, 0.6) is 5.75 Å². The highest BCUT2D eigenvalue weighted by molar-refractivity contribution is 9.10. The van der Waals surface area contributed by atoms with Crippen molar-refractivity contribution in [1.82, 2.24) is 0 Å². The molecule has 0 aliphatic heterocycles. The van der Waals surface area contributed by atoms with Gasteiger partial charge in [0.25, 0.3) is 0 Å². The molecule has 110 valence electrons. The van der Waals surface area contributed by atoms with E-state index in [2.05, 4.69) is 21.2 Å². The highest BCUT2D eigenvalue weighted by atomic mass is 79.9. The Morgan fingerprint density at radius 3 is 2.52 bits per heavy atom. The number of ether oxygens (including phenoxy) is 1. The fourth-order valence-corrected chi connectivity index (χ4v) is 2.38. The van der Waals surface area contributed by atoms with Gasteiger partial charge in [-0.25, -0.2) is 4.79 Å². The van der Waals surface area contributed by atoms with Gasteiger partial charge in [-0.15, -0.1) is 0 Å². The van der Waals surface area contributed by atoms with Crippen molar-refractivity contribution in [1.29, 1.82) is 0 Å². The molecule has 5 heteroatoms. The summed E-state index contributed by atoms with van der Waals surface area (Å²) in [5, 5.41) is 12.2. The molecule has 0 unspecified atom stereocenters. The SMILES string of the molecule is CCOc1ccc(NCc2ccc(C(=O)O)cc2Br)cc1. The van der Waals surface area contributed by atoms with E-state index >= 15 is 0 Å². The third kappa shape index (κ3) is 4.23. The van der Waals surface area contributed by atoms with Crippen molar-refractivity contribution < 1.29 is 14.6 Å². The lowest BCUT2D eigenvalue weighted by atomic mass is 10.1. The molecule has 0 saturated heterocycles. The Hall–Kier alpha value is -2.01. The van der Waals surface area contributed by atoms with Crippen LogP contribution in [0.15, 0.2) is 46.9 Å². The molecule has 0 radical (unpaired) electrons. The van der Waals surface area contributed by atoms with Crippen LogP contribution < -0.4 is 10.1 Å². The third-order valence-corrected chi connectivity index (χ3v) is 3.69. The Balaban J connectivity index is 2.01. The largest absolute Gasteiger partial charge is 0.494 e. The van der Waals surface area contributed by atoms with Gasteiger partial charge in [0.15, 0.2) is 0 Å². The van der Waals surface area contributed by atoms with E-state index in [1.807, 2.05) is 31.2 Å². The van der Waals surface area contributed by atoms with E-state index in [-0.39, 0.29) is 5.56 Å². The molecule has 0 amide bonds. The number of carbonyl (C=O) groups is 1. The number of halogens is 1. The minimum Gasteiger partial charge on any atom is -0.494 e. The molecule has 0 heterocycles. The number of rotatable bonds is 6. The molecule has 0 aliphatic rings. The van der Waals surface area contributed by atoms with E-state index in [4.69, 9.17) is 9.84 Å². The number of anilines is 1. The number of carboxylic acids is 1. The molecule has 0 fully saturated rings. The van der Waals surface area contributed by atoms with Crippen LogP contribution in [0.3, 0.4) is 0 Å². The van der Waals surface area contributed by atoms with Crippen LogP contribution in [0.25, 0.3) is 0 Å². The lowest BCUT2D eigenvalue weighted by molar-refractivity contribution is 0.0697. The van der Waals surface area contributed by atoms with Crippen LogP contribution in [0.1, 0.15) is 22.8 Å². The summed E-state index contributed by atoms with van der Waals surface area (Å²) >= 11 is 3.40. The molecule has 0 spiro atoms. The smallest absolute Gasteiger partial charge is 0.335 e. The second-order valence-electron chi connectivity index (χ2n) is 4.42. The second-order valence-corrected chi connectivity index (χ2v) is 5.28. The second kappa shape index (κ2) is 7.13. The molecule has 0 bridgehead atoms. The monoisotopic (exact) mass is 349 g/mol. The number of hydrogen-bond acceptors (Lipinski definition) is 3. The maximum Gasteiger partial charge on any atom is 0.335 e. The van der Waals surface area contributed by atoms with Gasteiger partial charge in [-0.05, 0) is 48.9 Å². The van der Waals surface area contributed by atoms with Gasteiger partial charge in [-0.3, -0.25) is 0 Å². The van der Waals surface area contributed by atoms with Crippen LogP contribution >= 0.6 is 15.9 Å². The molecule has 2 aromatic carbocycles. The molecule has 0 aromatic heterocycles. The maximum absolute atomic E-state index is 10.9. The van der Waals surface area contributed by atoms with E-state index in [0.29, 0.717) is 13.2 Å². The molecule has 21 heavy (non-hydrogen) atoms. The zero-order valence-electron chi connectivity index (χ0n) is 11.6. The van der Waals surface area contributed by atoms with Crippen LogP contribution in [0.2, 0.25) is 0 Å². The zero-order chi connectivity index (χ0) is 15.2. The average Bonchev–Trinajstić information content (AvgIpc) is 2.47. The Morgan fingerprint density at radius 1 is 1.24 bits per heavy atom. The Labute approximate surface area is 131 Å². The van der Waals surface area contributed by atoms with Crippen LogP contribution in [0.4, 0.5) is 5.69 Å². The fraction of sp³-hybridized carbons (Fsp3) is 0.188. The summed E-state index contributed by atoms with van der Waals surface area (Å²) in [7, 11) is 0. The standard InChI is InChI=1S/C16H16BrNO3/c1-2-21-14-7-5-13(6-8-14)18-10-12-4-3-11(16(19)20)9-15(12)17/h3-9,18H,2,10H2,1H3,(H,19,20). The van der Waals surface area contributed by atoms with Crippen molar-refractivity contribution in [2.45, 2.75) is 13.5 Å². The first-order chi connectivity index (χ1) is 10.1. The maximum atomic E-state index is 10.9. The number of nitrogens with one attached hydrogen (secondary N) is 1. The van der Waals surface area contributed by atoms with Gasteiger partial charge < -0.3 is 15.2 Å². The van der Waals surface area contributed by atoms with Crippen LogP contribution in [0, 0.1) is 0 Å². The Kier molecular flexibility index (Phi) is 5.22. The summed E-state index contributed by atoms with van der Waals surface area (Å²) in [5.41, 5.74) is 2.24. The van der Waals surface area contributed by atoms with E-state index < -0.39 is 5.97 Å². The molecule has 2 N–H and O–H groups in total. The van der Waals surface area contributed by atoms with Crippen LogP contribution in [-0.4, -0.2) is 17.7 Å². The van der Waals surface area contributed by atoms with E-state index in [0.717, 1.165) is 21.5 Å². The van der Waals surface area contributed by atoms with Crippen molar-refractivity contribution in [3.63, 3.8) is 0 Å². The predicted octanol–water partition coefficient (Wildman–Crippen LogP) is 4.16. The Bertz CT molecular complexity index is 626. The zero-order valence-corrected chi connectivity index (χ0v) is 13.2. The predicted molar refractivity (Wildman–Crippen MR) is 86.0 cm³/mol. The summed E-state index contributed by atoms with van der Waals surface area (Å²) in [6.45, 7) is 3.20. The molecule has 0 saturated carbocycles. The van der Waals surface area contributed by atoms with E-state index in [1.54, 1.807) is 18.2 Å². The van der Waals surface area contributed by atoms with Crippen LogP contribution in [-0.2, 0) is 6.54 Å². The normalized spacial score (nSPS) is 10.2. The van der Waals surface area contributed by atoms with E-state index in [9.17, 15) is 4.79 Å². The number of aromatic carboxylic acids is 1. The van der Waals surface area contributed by atoms with E-state index in [1.165, 1.54) is 0 Å². The van der Waals surface area contributed by atoms with Gasteiger partial charge in [0.05, 0.1) is 12.2 Å². The van der Waals surface area contributed by atoms with Gasteiger partial charge in [-0.1, -0.05) is 22.0 Å². The van der Waals surface area contributed by atoms with Crippen molar-refractivity contribution in [3.05, 3.63) is 58.1 Å². The van der Waals surface area contributed by atoms with Gasteiger partial charge >= 0.3 is 5.97 Å². The number of carboxylic acid groups (broad SMARTS) is 1. The Morgan fingerprint density at radius 2 is 1.95 bits per heavy atom. The van der Waals surface area contributed by atoms with Gasteiger partial charge in [0.1, 0.15) is 5.75 Å². The van der Waals surface area contributed by atoms with Crippen molar-refractivity contribution in [2.75, 3.05) is 11.9 Å². The molecule has 2 aromatic rings. The highest BCUT2D eigenvalue weighted by Crippen LogP contribution is 2.21. The minimum atomic E-state index is -0.929. The first-order valence-corrected chi connectivity index (χ1v) is 7.38. The lowest BCUT2D eigenvalue weighted by Crippen LogP contribution is -2.02. The average molecular weight is 350 g/mol. The van der Waals surface area contributed by atoms with Crippen molar-refractivity contribution in [2.24, 2.45) is 0 Å². The summed E-state index contributed by atoms with van der Waals surface area (Å²) in [6, 6.07) is 12.7. The fourth-order valence-electron chi connectivity index (χ4n) is 1.86. The molecule has 0 aliphatic carbocycles. The summed E-state index contributed by atoms with van der Waals surface area (Å²) in [5.74, 6) is -0.0863. The van der Waals surface area contributed by atoms with Crippen molar-refractivity contribution in [3.8, 4) is 5.75 Å². The highest BCUT2D eigenvalue weighted by Gasteiger charge is 2.06. The van der Waals surface area contributed by atoms with Gasteiger partial charge in [0.2, 0.25) is 0 Å². The summed E-state index contributed by atoms with van der Waals surface area (Å²) < 4.78 is 6.17. The first-order valence-electron chi connectivity index (χ1n) is 6.58. The topological polar surface area (TPSA) is 58.6 Å². The number of benzene rings is 2. The molecular formula is C16H16BrNO3. The van der Waals surface area contributed by atoms with Crippen molar-refractivity contribution >= 4 is 27.6 Å². The lowest BCUT2D eigenvalue weighted by Gasteiger charge is -2.10. The summed E-state index contributed by atoms with van der Waals surface area (Å²) in [4.78, 5) is 10.9. The van der Waals surface area contributed by atoms with Gasteiger partial charge in [-0.2, -0.15) is 0 Å². The minimum absolute atomic E-state index is 0.270. The molecule has 4 nitrogen and oxygen atoms in total. The molecule has 2 rings (SSSR count). The molecule has 0 atom stereocenters. The number of hydrogen-bond donors (Lipinski definition) is 2. The summed E-state index contributed by atoms with van der Waals surface area (Å²) in [6.07, 6.45) is 0.